The summed E-state index contributed by atoms with van der Waals surface area (Å²) >= 11 is 25.8. The summed E-state index contributed by atoms with van der Waals surface area (Å²) in [6.07, 6.45) is 2.69. The lowest BCUT2D eigenvalue weighted by molar-refractivity contribution is 0.224. The molecule has 14 nitrogen and oxygen atoms in total. The molecule has 2 atom stereocenters. The third kappa shape index (κ3) is 11.2. The van der Waals surface area contributed by atoms with E-state index in [0.717, 1.165) is 17.4 Å². The zero-order chi connectivity index (χ0) is 46.9. The molecule has 6 aromatic rings. The maximum atomic E-state index is 12.2. The highest BCUT2D eigenvalue weighted by Crippen LogP contribution is 2.50. The number of hydrogen-bond donors (Lipinski definition) is 1. The fourth-order valence-corrected chi connectivity index (χ4v) is 8.57. The minimum atomic E-state index is -3.76. The lowest BCUT2D eigenvalue weighted by Crippen LogP contribution is -2.36. The Balaban J connectivity index is 1.48. The summed E-state index contributed by atoms with van der Waals surface area (Å²) in [6.45, 7) is 6.21. The Morgan fingerprint density at radius 3 is 1.63 bits per heavy atom. The molecule has 340 valence electrons. The van der Waals surface area contributed by atoms with Gasteiger partial charge in [-0.2, -0.15) is 20.5 Å². The molecule has 0 spiro atoms. The fourth-order valence-electron chi connectivity index (χ4n) is 7.36. The minimum absolute atomic E-state index is 0.0303. The van der Waals surface area contributed by atoms with Crippen LogP contribution in [0.25, 0.3) is 0 Å². The molecule has 0 aliphatic rings. The molecule has 0 aliphatic carbocycles. The Labute approximate surface area is 396 Å². The molecule has 2 heterocycles. The summed E-state index contributed by atoms with van der Waals surface area (Å²) in [6, 6.07) is 26.3. The Morgan fingerprint density at radius 1 is 0.723 bits per heavy atom. The third-order valence-corrected chi connectivity index (χ3v) is 12.2. The number of oxazole rings is 2. The molecule has 0 fully saturated rings. The van der Waals surface area contributed by atoms with Crippen molar-refractivity contribution in [3.8, 4) is 41.1 Å². The topological polar surface area (TPSA) is 206 Å². The zero-order valence-electron chi connectivity index (χ0n) is 35.6. The Morgan fingerprint density at radius 2 is 1.22 bits per heavy atom. The number of hydrogen-bond acceptors (Lipinski definition) is 14. The average molecular weight is 984 g/mol. The first kappa shape index (κ1) is 48.6. The number of nitriles is 2. The van der Waals surface area contributed by atoms with Crippen molar-refractivity contribution in [3.05, 3.63) is 134 Å². The molecule has 0 amide bonds. The van der Waals surface area contributed by atoms with E-state index in [1.165, 1.54) is 6.26 Å². The van der Waals surface area contributed by atoms with Gasteiger partial charge in [0.2, 0.25) is 9.84 Å². The van der Waals surface area contributed by atoms with Gasteiger partial charge in [0.1, 0.15) is 62.0 Å². The Hall–Kier alpha value is -5.81. The van der Waals surface area contributed by atoms with E-state index in [2.05, 4.69) is 22.1 Å². The van der Waals surface area contributed by atoms with Crippen LogP contribution in [0.2, 0.25) is 10.0 Å². The maximum Gasteiger partial charge on any atom is 0.318 e. The van der Waals surface area contributed by atoms with E-state index in [1.807, 2.05) is 50.2 Å². The van der Waals surface area contributed by atoms with E-state index in [1.54, 1.807) is 43.3 Å². The molecule has 2 unspecified atom stereocenters. The SMILES string of the molecule is CCOc1oc(S(C)(=O)=O)nc1COc1ccc(C(C)(CC(C)(c2ccc(OCc3coc(N)n3)cc2)c2cc(Cl)c(OCCCl)c(C#N)c2)c2cc(Cl)c(OCCCl)c(C#N)c2)cc1. The number of nitrogens with two attached hydrogens (primary N) is 1. The molecule has 0 aliphatic heterocycles. The first-order valence-electron chi connectivity index (χ1n) is 19.9. The summed E-state index contributed by atoms with van der Waals surface area (Å²) in [7, 11) is -3.76. The summed E-state index contributed by atoms with van der Waals surface area (Å²) in [5, 5.41) is 20.7. The standard InChI is InChI=1S/C46H43Cl4N5O9S/c1-5-58-42-39(55-44(64-42)65(4,56)57)26-62-36-12-8-31(9-13-36)46(3,33-19-29(23-52)41(38(50)21-33)60-17-15-48)27-45(2,32-18-28(22-51)40(37(49)20-32)59-16-14-47)30-6-10-35(11-7-30)61-24-34-25-63-43(53)54-34/h6-13,18-21,25H,5,14-17,24,26-27H2,1-4H3,(H2,53,54). The van der Waals surface area contributed by atoms with Gasteiger partial charge in [-0.3, -0.25) is 0 Å². The minimum Gasteiger partial charge on any atom is -0.489 e. The van der Waals surface area contributed by atoms with Gasteiger partial charge in [0, 0.05) is 17.1 Å². The van der Waals surface area contributed by atoms with Crippen LogP contribution in [0.3, 0.4) is 0 Å². The van der Waals surface area contributed by atoms with Gasteiger partial charge in [0.15, 0.2) is 17.2 Å². The summed E-state index contributed by atoms with van der Waals surface area (Å²) < 4.78 is 64.1. The van der Waals surface area contributed by atoms with Crippen molar-refractivity contribution in [2.75, 3.05) is 43.6 Å². The van der Waals surface area contributed by atoms with Gasteiger partial charge < -0.3 is 38.3 Å². The van der Waals surface area contributed by atoms with E-state index in [9.17, 15) is 18.9 Å². The fraction of sp³-hybridized carbons (Fsp3) is 0.304. The molecule has 2 N–H and O–H groups in total. The van der Waals surface area contributed by atoms with E-state index in [0.29, 0.717) is 28.3 Å². The smallest absolute Gasteiger partial charge is 0.318 e. The predicted molar refractivity (Wildman–Crippen MR) is 246 cm³/mol. The highest BCUT2D eigenvalue weighted by atomic mass is 35.5. The Kier molecular flexibility index (Phi) is 15.7. The second-order valence-corrected chi connectivity index (χ2v) is 18.5. The number of alkyl halides is 2. The summed E-state index contributed by atoms with van der Waals surface area (Å²) in [5.74, 6) is 1.68. The largest absolute Gasteiger partial charge is 0.489 e. The monoisotopic (exact) mass is 981 g/mol. The van der Waals surface area contributed by atoms with Crippen LogP contribution in [0.4, 0.5) is 6.01 Å². The van der Waals surface area contributed by atoms with Gasteiger partial charge in [-0.1, -0.05) is 61.3 Å². The van der Waals surface area contributed by atoms with E-state index < -0.39 is 25.9 Å². The van der Waals surface area contributed by atoms with Crippen molar-refractivity contribution in [2.45, 2.75) is 56.5 Å². The number of nitrogen functional groups attached to an aromatic ring is 1. The van der Waals surface area contributed by atoms with Crippen LogP contribution < -0.4 is 29.4 Å². The molecule has 0 radical (unpaired) electrons. The number of ether oxygens (including phenoxy) is 5. The summed E-state index contributed by atoms with van der Waals surface area (Å²) in [4.78, 5) is 8.21. The highest BCUT2D eigenvalue weighted by Gasteiger charge is 2.42. The van der Waals surface area contributed by atoms with Crippen molar-refractivity contribution >= 4 is 62.3 Å². The van der Waals surface area contributed by atoms with Gasteiger partial charge in [0.25, 0.3) is 6.01 Å². The lowest BCUT2D eigenvalue weighted by atomic mass is 9.61. The molecule has 2 aromatic heterocycles. The van der Waals surface area contributed by atoms with E-state index in [-0.39, 0.29) is 102 Å². The molecule has 0 saturated heterocycles. The molecule has 65 heavy (non-hydrogen) atoms. The van der Waals surface area contributed by atoms with Crippen molar-refractivity contribution in [2.24, 2.45) is 0 Å². The van der Waals surface area contributed by atoms with Crippen LogP contribution in [0.1, 0.15) is 72.0 Å². The van der Waals surface area contributed by atoms with Crippen molar-refractivity contribution in [1.29, 1.82) is 10.5 Å². The van der Waals surface area contributed by atoms with Crippen molar-refractivity contribution < 1.29 is 40.9 Å². The molecular weight excluding hydrogens is 940 g/mol. The third-order valence-electron chi connectivity index (χ3n) is 10.5. The summed E-state index contributed by atoms with van der Waals surface area (Å²) in [5.41, 5.74) is 7.72. The van der Waals surface area contributed by atoms with E-state index in [4.69, 9.17) is 84.7 Å². The quantitative estimate of drug-likeness (QED) is 0.0666. The average Bonchev–Trinajstić information content (AvgIpc) is 3.92. The van der Waals surface area contributed by atoms with Crippen LogP contribution in [0.15, 0.2) is 93.1 Å². The number of anilines is 1. The Bertz CT molecular complexity index is 2830. The highest BCUT2D eigenvalue weighted by molar-refractivity contribution is 7.90. The molecule has 4 aromatic carbocycles. The molecule has 6 rings (SSSR count). The predicted octanol–water partition coefficient (Wildman–Crippen LogP) is 10.2. The van der Waals surface area contributed by atoms with Crippen LogP contribution in [-0.2, 0) is 33.9 Å². The number of nitrogens with zero attached hydrogens (tertiary/aromatic N) is 4. The van der Waals surface area contributed by atoms with Crippen LogP contribution in [0, 0.1) is 22.7 Å². The van der Waals surface area contributed by atoms with Crippen molar-refractivity contribution in [3.63, 3.8) is 0 Å². The number of sulfone groups is 1. The molecule has 0 saturated carbocycles. The van der Waals surface area contributed by atoms with Gasteiger partial charge in [0.05, 0.1) is 39.5 Å². The normalized spacial score (nSPS) is 13.2. The second-order valence-electron chi connectivity index (χ2n) is 15.0. The maximum absolute atomic E-state index is 12.2. The number of rotatable bonds is 21. The second kappa shape index (κ2) is 21.0. The number of benzene rings is 4. The van der Waals surface area contributed by atoms with Gasteiger partial charge in [-0.25, -0.2) is 8.42 Å². The molecular formula is C46H43Cl4N5O9S. The number of halogens is 4. The van der Waals surface area contributed by atoms with E-state index >= 15 is 0 Å². The first-order chi connectivity index (χ1) is 31.1. The number of aromatic nitrogens is 2. The van der Waals surface area contributed by atoms with Crippen LogP contribution >= 0.6 is 46.4 Å². The van der Waals surface area contributed by atoms with Gasteiger partial charge >= 0.3 is 11.2 Å². The zero-order valence-corrected chi connectivity index (χ0v) is 39.5. The van der Waals surface area contributed by atoms with Crippen molar-refractivity contribution in [1.82, 2.24) is 9.97 Å². The van der Waals surface area contributed by atoms with Gasteiger partial charge in [-0.15, -0.1) is 23.2 Å². The van der Waals surface area contributed by atoms with Crippen LogP contribution in [-0.4, -0.2) is 56.2 Å². The van der Waals surface area contributed by atoms with Crippen LogP contribution in [0.5, 0.6) is 28.9 Å². The molecule has 19 heteroatoms. The van der Waals surface area contributed by atoms with Gasteiger partial charge in [-0.05, 0) is 84.1 Å². The lowest BCUT2D eigenvalue weighted by Gasteiger charge is -2.42. The molecule has 0 bridgehead atoms. The first-order valence-corrected chi connectivity index (χ1v) is 23.6.